The number of rotatable bonds is 13. The molecule has 106 valence electrons. The number of ether oxygens (including phenoxy) is 3. The molecule has 0 radical (unpaired) electrons. The Morgan fingerprint density at radius 1 is 0.889 bits per heavy atom. The van der Waals surface area contributed by atoms with Gasteiger partial charge in [-0.15, -0.1) is 0 Å². The molecule has 0 rings (SSSR count). The smallest absolute Gasteiger partial charge is 0.158 e. The fourth-order valence-corrected chi connectivity index (χ4v) is 1.29. The lowest BCUT2D eigenvalue weighted by molar-refractivity contribution is -0.123. The van der Waals surface area contributed by atoms with E-state index in [9.17, 15) is 9.59 Å². The van der Waals surface area contributed by atoms with Crippen LogP contribution in [0.2, 0.25) is 0 Å². The summed E-state index contributed by atoms with van der Waals surface area (Å²) in [4.78, 5) is 22.0. The third-order valence-corrected chi connectivity index (χ3v) is 2.34. The Kier molecular flexibility index (Phi) is 12.1. The first kappa shape index (κ1) is 17.2. The lowest BCUT2D eigenvalue weighted by Crippen LogP contribution is -2.10. The van der Waals surface area contributed by atoms with Crippen LogP contribution >= 0.6 is 0 Å². The molecule has 0 aliphatic heterocycles. The van der Waals surface area contributed by atoms with Crippen molar-refractivity contribution in [3.05, 3.63) is 0 Å². The van der Waals surface area contributed by atoms with Crippen LogP contribution < -0.4 is 0 Å². The molecule has 0 atom stereocenters. The van der Waals surface area contributed by atoms with Crippen molar-refractivity contribution < 1.29 is 23.8 Å². The summed E-state index contributed by atoms with van der Waals surface area (Å²) in [6.45, 7) is 4.02. The van der Waals surface area contributed by atoms with Gasteiger partial charge in [-0.05, 0) is 6.42 Å². The predicted molar refractivity (Wildman–Crippen MR) is 67.7 cm³/mol. The van der Waals surface area contributed by atoms with E-state index in [1.165, 1.54) is 7.11 Å². The van der Waals surface area contributed by atoms with Gasteiger partial charge in [0.05, 0.1) is 19.8 Å². The lowest BCUT2D eigenvalue weighted by Gasteiger charge is -2.05. The third kappa shape index (κ3) is 11.7. The fraction of sp³-hybridized carbons (Fsp3) is 0.846. The minimum atomic E-state index is 0.0930. The van der Waals surface area contributed by atoms with Crippen molar-refractivity contribution in [1.82, 2.24) is 0 Å². The highest BCUT2D eigenvalue weighted by atomic mass is 16.5. The van der Waals surface area contributed by atoms with Gasteiger partial charge in [0, 0.05) is 33.0 Å². The largest absolute Gasteiger partial charge is 0.379 e. The van der Waals surface area contributed by atoms with Crippen molar-refractivity contribution in [1.29, 1.82) is 0 Å². The van der Waals surface area contributed by atoms with Gasteiger partial charge in [0.2, 0.25) is 0 Å². The molecule has 0 aromatic heterocycles. The second kappa shape index (κ2) is 12.7. The molecule has 0 saturated heterocycles. The molecule has 0 aromatic rings. The van der Waals surface area contributed by atoms with Gasteiger partial charge in [-0.2, -0.15) is 0 Å². The molecular weight excluding hydrogens is 236 g/mol. The molecule has 0 aliphatic rings. The number of ketones is 2. The minimum Gasteiger partial charge on any atom is -0.379 e. The molecule has 18 heavy (non-hydrogen) atoms. The molecule has 5 heteroatoms. The maximum Gasteiger partial charge on any atom is 0.158 e. The number of hydrogen-bond acceptors (Lipinski definition) is 5. The lowest BCUT2D eigenvalue weighted by atomic mass is 10.2. The van der Waals surface area contributed by atoms with E-state index in [1.807, 2.05) is 6.92 Å². The van der Waals surface area contributed by atoms with Gasteiger partial charge in [0.1, 0.15) is 12.4 Å². The first-order chi connectivity index (χ1) is 8.70. The molecule has 0 bridgehead atoms. The summed E-state index contributed by atoms with van der Waals surface area (Å²) in [5, 5.41) is 0. The third-order valence-electron chi connectivity index (χ3n) is 2.34. The van der Waals surface area contributed by atoms with E-state index in [4.69, 9.17) is 14.2 Å². The van der Waals surface area contributed by atoms with Crippen LogP contribution in [-0.4, -0.2) is 51.7 Å². The number of methoxy groups -OCH3 is 1. The van der Waals surface area contributed by atoms with E-state index >= 15 is 0 Å². The van der Waals surface area contributed by atoms with Crippen LogP contribution in [0.4, 0.5) is 0 Å². The number of carbonyl (C=O) groups excluding carboxylic acids is 2. The molecule has 0 unspecified atom stereocenters. The first-order valence-electron chi connectivity index (χ1n) is 6.38. The number of hydrogen-bond donors (Lipinski definition) is 0. The van der Waals surface area contributed by atoms with Crippen LogP contribution in [-0.2, 0) is 23.8 Å². The Bertz CT molecular complexity index is 227. The van der Waals surface area contributed by atoms with Gasteiger partial charge in [-0.3, -0.25) is 9.59 Å². The summed E-state index contributed by atoms with van der Waals surface area (Å²) in [6.07, 6.45) is 2.23. The van der Waals surface area contributed by atoms with Gasteiger partial charge in [-0.25, -0.2) is 0 Å². The van der Waals surface area contributed by atoms with Gasteiger partial charge in [0.15, 0.2) is 5.78 Å². The van der Waals surface area contributed by atoms with Crippen LogP contribution in [0.3, 0.4) is 0 Å². The van der Waals surface area contributed by atoms with Crippen molar-refractivity contribution in [2.45, 2.75) is 32.6 Å². The summed E-state index contributed by atoms with van der Waals surface area (Å²) in [6, 6.07) is 0. The Morgan fingerprint density at radius 3 is 2.17 bits per heavy atom. The molecular formula is C13H24O5. The second-order valence-corrected chi connectivity index (χ2v) is 3.94. The molecule has 0 aromatic carbocycles. The highest BCUT2D eigenvalue weighted by Crippen LogP contribution is 1.94. The van der Waals surface area contributed by atoms with E-state index in [0.717, 1.165) is 0 Å². The number of Topliss-reactive ketones (excluding diaryl/α,β-unsaturated/α-hetero) is 2. The Hall–Kier alpha value is -0.780. The zero-order valence-corrected chi connectivity index (χ0v) is 11.4. The highest BCUT2D eigenvalue weighted by Gasteiger charge is 2.00. The van der Waals surface area contributed by atoms with Crippen LogP contribution in [0.5, 0.6) is 0 Å². The zero-order chi connectivity index (χ0) is 13.6. The van der Waals surface area contributed by atoms with Crippen LogP contribution in [0.15, 0.2) is 0 Å². The van der Waals surface area contributed by atoms with Gasteiger partial charge in [0.25, 0.3) is 0 Å². The topological polar surface area (TPSA) is 61.8 Å². The van der Waals surface area contributed by atoms with Gasteiger partial charge < -0.3 is 14.2 Å². The second-order valence-electron chi connectivity index (χ2n) is 3.94. The monoisotopic (exact) mass is 260 g/mol. The fourth-order valence-electron chi connectivity index (χ4n) is 1.29. The maximum absolute atomic E-state index is 11.1. The standard InChI is InChI=1S/C13H24O5/c1-3-12(14)6-8-18-10-9-17-7-4-5-13(15)11-16-2/h3-11H2,1-2H3. The first-order valence-corrected chi connectivity index (χ1v) is 6.38. The van der Waals surface area contributed by atoms with E-state index < -0.39 is 0 Å². The normalized spacial score (nSPS) is 10.6. The van der Waals surface area contributed by atoms with Crippen molar-refractivity contribution in [2.24, 2.45) is 0 Å². The molecule has 5 nitrogen and oxygen atoms in total. The van der Waals surface area contributed by atoms with Crippen molar-refractivity contribution >= 4 is 11.6 Å². The highest BCUT2D eigenvalue weighted by molar-refractivity contribution is 5.79. The van der Waals surface area contributed by atoms with E-state index in [2.05, 4.69) is 0 Å². The van der Waals surface area contributed by atoms with E-state index in [-0.39, 0.29) is 18.2 Å². The molecule has 0 aliphatic carbocycles. The minimum absolute atomic E-state index is 0.0930. The van der Waals surface area contributed by atoms with Gasteiger partial charge >= 0.3 is 0 Å². The maximum atomic E-state index is 11.1. The molecule has 0 amide bonds. The molecule has 0 spiro atoms. The van der Waals surface area contributed by atoms with Crippen molar-refractivity contribution in [2.75, 3.05) is 40.1 Å². The van der Waals surface area contributed by atoms with Crippen LogP contribution in [0.25, 0.3) is 0 Å². The molecule has 0 heterocycles. The zero-order valence-electron chi connectivity index (χ0n) is 11.4. The Labute approximate surface area is 109 Å². The van der Waals surface area contributed by atoms with E-state index in [0.29, 0.717) is 52.1 Å². The summed E-state index contributed by atoms with van der Waals surface area (Å²) < 4.78 is 15.2. The average molecular weight is 260 g/mol. The average Bonchev–Trinajstić information content (AvgIpc) is 2.36. The Balaban J connectivity index is 3.12. The van der Waals surface area contributed by atoms with Crippen LogP contribution in [0.1, 0.15) is 32.6 Å². The molecule has 0 N–H and O–H groups in total. The SMILES string of the molecule is CCC(=O)CCOCCOCCCC(=O)COC. The molecule has 0 saturated carbocycles. The van der Waals surface area contributed by atoms with E-state index in [1.54, 1.807) is 0 Å². The predicted octanol–water partition coefficient (Wildman–Crippen LogP) is 1.38. The number of carbonyl (C=O) groups is 2. The Morgan fingerprint density at radius 2 is 1.56 bits per heavy atom. The van der Waals surface area contributed by atoms with Crippen molar-refractivity contribution in [3.8, 4) is 0 Å². The summed E-state index contributed by atoms with van der Waals surface area (Å²) in [5.41, 5.74) is 0. The quantitative estimate of drug-likeness (QED) is 0.468. The van der Waals surface area contributed by atoms with Crippen molar-refractivity contribution in [3.63, 3.8) is 0 Å². The summed E-state index contributed by atoms with van der Waals surface area (Å²) >= 11 is 0. The van der Waals surface area contributed by atoms with Crippen LogP contribution in [0, 0.1) is 0 Å². The molecule has 0 fully saturated rings. The summed E-state index contributed by atoms with van der Waals surface area (Å²) in [7, 11) is 1.51. The summed E-state index contributed by atoms with van der Waals surface area (Å²) in [5.74, 6) is 0.308. The van der Waals surface area contributed by atoms with Gasteiger partial charge in [-0.1, -0.05) is 6.92 Å².